The summed E-state index contributed by atoms with van der Waals surface area (Å²) in [6.45, 7) is 2.76. The summed E-state index contributed by atoms with van der Waals surface area (Å²) in [5, 5.41) is 4.84. The summed E-state index contributed by atoms with van der Waals surface area (Å²) in [5.74, 6) is 0.253. The number of hydrogen-bond acceptors (Lipinski definition) is 5. The lowest BCUT2D eigenvalue weighted by molar-refractivity contribution is -0.122. The molecule has 186 valence electrons. The van der Waals surface area contributed by atoms with E-state index in [0.717, 1.165) is 28.9 Å². The average molecular weight is 530 g/mol. The Hall–Kier alpha value is -3.75. The van der Waals surface area contributed by atoms with Gasteiger partial charge in [0.2, 0.25) is 0 Å². The second-order valence-electron chi connectivity index (χ2n) is 8.45. The number of amides is 1. The molecule has 5 rings (SSSR count). The molecule has 0 spiro atoms. The van der Waals surface area contributed by atoms with Crippen molar-refractivity contribution in [2.45, 2.75) is 20.0 Å². The Kier molecular flexibility index (Phi) is 7.48. The summed E-state index contributed by atoms with van der Waals surface area (Å²) in [6.07, 6.45) is 4.61. The number of carbonyl (C=O) groups is 1. The number of rotatable bonds is 8. The fraction of sp³-hybridized carbons (Fsp3) is 0.138. The molecule has 0 atom stereocenters. The second kappa shape index (κ2) is 11.1. The van der Waals surface area contributed by atoms with Gasteiger partial charge in [-0.1, -0.05) is 67.3 Å². The summed E-state index contributed by atoms with van der Waals surface area (Å²) in [4.78, 5) is 15.2. The molecule has 37 heavy (non-hydrogen) atoms. The zero-order valence-corrected chi connectivity index (χ0v) is 21.8. The van der Waals surface area contributed by atoms with Gasteiger partial charge in [0.15, 0.2) is 0 Å². The molecule has 2 heterocycles. The van der Waals surface area contributed by atoms with Crippen LogP contribution in [0.3, 0.4) is 0 Å². The molecule has 0 saturated carbocycles. The Labute approximate surface area is 224 Å². The normalized spacial score (nSPS) is 14.5. The summed E-state index contributed by atoms with van der Waals surface area (Å²) < 4.78 is 22.1. The van der Waals surface area contributed by atoms with E-state index in [1.807, 2.05) is 73.8 Å². The molecule has 0 N–H and O–H groups in total. The molecule has 1 saturated heterocycles. The van der Waals surface area contributed by atoms with Crippen LogP contribution >= 0.6 is 24.0 Å². The molecule has 1 aliphatic rings. The molecule has 5 nitrogen and oxygen atoms in total. The van der Waals surface area contributed by atoms with Crippen molar-refractivity contribution in [1.82, 2.24) is 14.7 Å². The van der Waals surface area contributed by atoms with E-state index in [9.17, 15) is 9.18 Å². The van der Waals surface area contributed by atoms with Crippen LogP contribution in [0, 0.1) is 5.82 Å². The highest BCUT2D eigenvalue weighted by molar-refractivity contribution is 8.26. The fourth-order valence-electron chi connectivity index (χ4n) is 3.97. The van der Waals surface area contributed by atoms with E-state index in [0.29, 0.717) is 27.1 Å². The third-order valence-corrected chi connectivity index (χ3v) is 7.23. The molecule has 8 heteroatoms. The van der Waals surface area contributed by atoms with Gasteiger partial charge in [0, 0.05) is 29.4 Å². The number of ether oxygens (including phenoxy) is 1. The number of hydrogen-bond donors (Lipinski definition) is 0. The van der Waals surface area contributed by atoms with Crippen LogP contribution in [-0.4, -0.2) is 31.5 Å². The van der Waals surface area contributed by atoms with Gasteiger partial charge in [0.05, 0.1) is 16.3 Å². The van der Waals surface area contributed by atoms with Crippen LogP contribution in [0.25, 0.3) is 23.0 Å². The number of para-hydroxylation sites is 1. The molecule has 1 amide bonds. The maximum Gasteiger partial charge on any atom is 0.266 e. The van der Waals surface area contributed by atoms with Gasteiger partial charge in [-0.05, 0) is 55.0 Å². The van der Waals surface area contributed by atoms with E-state index in [1.165, 1.54) is 17.8 Å². The number of benzene rings is 3. The van der Waals surface area contributed by atoms with Crippen molar-refractivity contribution < 1.29 is 13.9 Å². The van der Waals surface area contributed by atoms with Gasteiger partial charge >= 0.3 is 0 Å². The van der Waals surface area contributed by atoms with E-state index in [-0.39, 0.29) is 18.3 Å². The van der Waals surface area contributed by atoms with E-state index in [1.54, 1.807) is 27.8 Å². The largest absolute Gasteiger partial charge is 0.489 e. The SMILES string of the molecule is CCCN1C(=O)C(=Cc2cn(-c3ccccc3)nc2-c2ccc(OCc3ccccc3F)cc2)SC1=S. The van der Waals surface area contributed by atoms with Crippen molar-refractivity contribution in [3.05, 3.63) is 107 Å². The first-order valence-electron chi connectivity index (χ1n) is 11.9. The lowest BCUT2D eigenvalue weighted by Crippen LogP contribution is -2.28. The Morgan fingerprint density at radius 2 is 1.76 bits per heavy atom. The van der Waals surface area contributed by atoms with E-state index in [2.05, 4.69) is 0 Å². The van der Waals surface area contributed by atoms with Gasteiger partial charge in [-0.15, -0.1) is 0 Å². The highest BCUT2D eigenvalue weighted by Gasteiger charge is 2.31. The van der Waals surface area contributed by atoms with Crippen LogP contribution < -0.4 is 4.74 Å². The number of thiocarbonyl (C=S) groups is 1. The third kappa shape index (κ3) is 5.50. The number of halogens is 1. The van der Waals surface area contributed by atoms with Crippen molar-refractivity contribution in [2.24, 2.45) is 0 Å². The molecule has 0 aliphatic carbocycles. The van der Waals surface area contributed by atoms with Gasteiger partial charge in [0.25, 0.3) is 5.91 Å². The van der Waals surface area contributed by atoms with Crippen LogP contribution in [0.4, 0.5) is 4.39 Å². The zero-order valence-electron chi connectivity index (χ0n) is 20.1. The van der Waals surface area contributed by atoms with Crippen LogP contribution in [-0.2, 0) is 11.4 Å². The Bertz CT molecular complexity index is 1470. The average Bonchev–Trinajstić information content (AvgIpc) is 3.46. The molecule has 0 unspecified atom stereocenters. The minimum Gasteiger partial charge on any atom is -0.489 e. The van der Waals surface area contributed by atoms with E-state index < -0.39 is 0 Å². The Balaban J connectivity index is 1.45. The lowest BCUT2D eigenvalue weighted by Gasteiger charge is -2.11. The van der Waals surface area contributed by atoms with Crippen LogP contribution in [0.5, 0.6) is 5.75 Å². The van der Waals surface area contributed by atoms with Gasteiger partial charge in [0.1, 0.15) is 22.5 Å². The predicted octanol–water partition coefficient (Wildman–Crippen LogP) is 6.87. The maximum atomic E-state index is 13.9. The molecular formula is C29H24FN3O2S2. The molecule has 1 aliphatic heterocycles. The monoisotopic (exact) mass is 529 g/mol. The van der Waals surface area contributed by atoms with Crippen molar-refractivity contribution in [1.29, 1.82) is 0 Å². The van der Waals surface area contributed by atoms with Gasteiger partial charge in [-0.25, -0.2) is 9.07 Å². The molecule has 4 aromatic rings. The summed E-state index contributed by atoms with van der Waals surface area (Å²) >= 11 is 6.75. The lowest BCUT2D eigenvalue weighted by atomic mass is 10.1. The second-order valence-corrected chi connectivity index (χ2v) is 10.1. The van der Waals surface area contributed by atoms with Crippen molar-refractivity contribution in [2.75, 3.05) is 6.54 Å². The number of carbonyl (C=O) groups excluding carboxylic acids is 1. The minimum atomic E-state index is -0.292. The quantitative estimate of drug-likeness (QED) is 0.184. The first-order chi connectivity index (χ1) is 18.0. The Morgan fingerprint density at radius 1 is 1.03 bits per heavy atom. The highest BCUT2D eigenvalue weighted by atomic mass is 32.2. The van der Waals surface area contributed by atoms with Crippen LogP contribution in [0.2, 0.25) is 0 Å². The number of aromatic nitrogens is 2. The fourth-order valence-corrected chi connectivity index (χ4v) is 5.27. The predicted molar refractivity (Wildman–Crippen MR) is 150 cm³/mol. The number of nitrogens with zero attached hydrogens (tertiary/aromatic N) is 3. The molecule has 0 bridgehead atoms. The third-order valence-electron chi connectivity index (χ3n) is 5.85. The van der Waals surface area contributed by atoms with Crippen molar-refractivity contribution >= 4 is 40.3 Å². The summed E-state index contributed by atoms with van der Waals surface area (Å²) in [7, 11) is 0. The first kappa shape index (κ1) is 24.9. The topological polar surface area (TPSA) is 47.4 Å². The first-order valence-corrected chi connectivity index (χ1v) is 13.1. The minimum absolute atomic E-state index is 0.0767. The zero-order chi connectivity index (χ0) is 25.8. The van der Waals surface area contributed by atoms with Crippen LogP contribution in [0.1, 0.15) is 24.5 Å². The van der Waals surface area contributed by atoms with Crippen molar-refractivity contribution in [3.63, 3.8) is 0 Å². The van der Waals surface area contributed by atoms with Crippen LogP contribution in [0.15, 0.2) is 90.0 Å². The molecular weight excluding hydrogens is 505 g/mol. The summed E-state index contributed by atoms with van der Waals surface area (Å²) in [5.41, 5.74) is 3.80. The van der Waals surface area contributed by atoms with Crippen molar-refractivity contribution in [3.8, 4) is 22.7 Å². The van der Waals surface area contributed by atoms with Gasteiger partial charge < -0.3 is 4.74 Å². The highest BCUT2D eigenvalue weighted by Crippen LogP contribution is 2.35. The molecule has 0 radical (unpaired) electrons. The standard InChI is InChI=1S/C29H24FN3O2S2/c1-2-16-32-28(34)26(37-29(32)36)17-22-18-33(23-9-4-3-5-10-23)31-27(22)20-12-14-24(15-13-20)35-19-21-8-6-7-11-25(21)30/h3-15,17-18H,2,16,19H2,1H3. The number of thioether (sulfide) groups is 1. The van der Waals surface area contributed by atoms with Gasteiger partial charge in [-0.2, -0.15) is 5.10 Å². The molecule has 3 aromatic carbocycles. The van der Waals surface area contributed by atoms with Gasteiger partial charge in [-0.3, -0.25) is 9.69 Å². The summed E-state index contributed by atoms with van der Waals surface area (Å²) in [6, 6.07) is 23.9. The smallest absolute Gasteiger partial charge is 0.266 e. The van der Waals surface area contributed by atoms with E-state index >= 15 is 0 Å². The van der Waals surface area contributed by atoms with E-state index in [4.69, 9.17) is 22.1 Å². The maximum absolute atomic E-state index is 13.9. The molecule has 1 aromatic heterocycles. The Morgan fingerprint density at radius 3 is 2.49 bits per heavy atom. The molecule has 1 fully saturated rings.